The molecule has 0 radical (unpaired) electrons. The molecule has 1 aliphatic rings. The van der Waals surface area contributed by atoms with Gasteiger partial charge in [-0.3, -0.25) is 9.59 Å². The number of nitrogens with one attached hydrogen (secondary N) is 1. The van der Waals surface area contributed by atoms with Crippen molar-refractivity contribution in [3.8, 4) is 0 Å². The Morgan fingerprint density at radius 1 is 1.30 bits per heavy atom. The van der Waals surface area contributed by atoms with E-state index in [1.807, 2.05) is 39.0 Å². The van der Waals surface area contributed by atoms with Crippen LogP contribution in [-0.4, -0.2) is 58.2 Å². The molecule has 2 amide bonds. The molecular formula is C29H39FN4O3. The molecule has 7 nitrogen and oxygen atoms in total. The summed E-state index contributed by atoms with van der Waals surface area (Å²) in [6.07, 6.45) is 5.54. The van der Waals surface area contributed by atoms with E-state index in [1.165, 1.54) is 11.3 Å². The van der Waals surface area contributed by atoms with Crippen LogP contribution in [0.1, 0.15) is 69.9 Å². The second kappa shape index (κ2) is 13.2. The van der Waals surface area contributed by atoms with Crippen LogP contribution in [0.5, 0.6) is 0 Å². The number of anilines is 1. The van der Waals surface area contributed by atoms with E-state index in [0.717, 1.165) is 11.1 Å². The third-order valence-corrected chi connectivity index (χ3v) is 5.83. The number of carbonyl (C=O) groups excluding carboxylic acids is 2. The van der Waals surface area contributed by atoms with Gasteiger partial charge in [0.25, 0.3) is 5.91 Å². The molecule has 0 bridgehead atoms. The second-order valence-electron chi connectivity index (χ2n) is 9.43. The van der Waals surface area contributed by atoms with Crippen LogP contribution in [0.25, 0.3) is 16.5 Å². The Labute approximate surface area is 219 Å². The lowest BCUT2D eigenvalue weighted by atomic mass is 9.93. The van der Waals surface area contributed by atoms with Crippen LogP contribution in [-0.2, 0) is 4.79 Å². The van der Waals surface area contributed by atoms with Crippen molar-refractivity contribution in [1.29, 1.82) is 0 Å². The summed E-state index contributed by atoms with van der Waals surface area (Å²) in [5.74, 6) is -1.07. The molecule has 2 aromatic heterocycles. The van der Waals surface area contributed by atoms with Crippen molar-refractivity contribution in [1.82, 2.24) is 14.9 Å². The van der Waals surface area contributed by atoms with E-state index in [9.17, 15) is 19.1 Å². The van der Waals surface area contributed by atoms with Crippen molar-refractivity contribution >= 4 is 34.1 Å². The number of allylic oxidation sites excluding steroid dienone is 3. The first-order chi connectivity index (χ1) is 17.5. The molecule has 8 heteroatoms. The van der Waals surface area contributed by atoms with Gasteiger partial charge in [-0.1, -0.05) is 45.9 Å². The van der Waals surface area contributed by atoms with E-state index in [-0.39, 0.29) is 23.8 Å². The SMILES string of the molecule is C=C(/C=C(C)\C(=C/C)c1cc2cnc(NC(=O)C3CC3F)cc2nc1C(=O)N(C)C)C(O)CC.CCC. The summed E-state index contributed by atoms with van der Waals surface area (Å²) < 4.78 is 13.2. The maximum Gasteiger partial charge on any atom is 0.272 e. The third-order valence-electron chi connectivity index (χ3n) is 5.83. The van der Waals surface area contributed by atoms with Gasteiger partial charge in [0.2, 0.25) is 5.91 Å². The summed E-state index contributed by atoms with van der Waals surface area (Å²) in [4.78, 5) is 35.5. The van der Waals surface area contributed by atoms with Crippen molar-refractivity contribution in [2.45, 2.75) is 66.2 Å². The molecule has 3 atom stereocenters. The van der Waals surface area contributed by atoms with Crippen LogP contribution in [0.3, 0.4) is 0 Å². The molecule has 2 N–H and O–H groups in total. The molecule has 200 valence electrons. The molecule has 2 heterocycles. The van der Waals surface area contributed by atoms with Crippen molar-refractivity contribution in [2.75, 3.05) is 19.4 Å². The lowest BCUT2D eigenvalue weighted by molar-refractivity contribution is -0.117. The van der Waals surface area contributed by atoms with Gasteiger partial charge >= 0.3 is 0 Å². The number of halogens is 1. The average Bonchev–Trinajstić information content (AvgIpc) is 3.60. The minimum Gasteiger partial charge on any atom is -0.388 e. The molecule has 1 aliphatic carbocycles. The number of aliphatic hydroxyl groups excluding tert-OH is 1. The fourth-order valence-corrected chi connectivity index (χ4v) is 3.68. The highest BCUT2D eigenvalue weighted by molar-refractivity contribution is 6.02. The predicted molar refractivity (Wildman–Crippen MR) is 148 cm³/mol. The van der Waals surface area contributed by atoms with Gasteiger partial charge in [0, 0.05) is 37.3 Å². The highest BCUT2D eigenvalue weighted by atomic mass is 19.1. The fourth-order valence-electron chi connectivity index (χ4n) is 3.68. The highest BCUT2D eigenvalue weighted by Crippen LogP contribution is 2.35. The van der Waals surface area contributed by atoms with E-state index in [2.05, 4.69) is 35.7 Å². The van der Waals surface area contributed by atoms with Gasteiger partial charge < -0.3 is 15.3 Å². The van der Waals surface area contributed by atoms with E-state index in [1.54, 1.807) is 26.4 Å². The maximum absolute atomic E-state index is 13.2. The second-order valence-corrected chi connectivity index (χ2v) is 9.43. The molecule has 2 aromatic rings. The van der Waals surface area contributed by atoms with Crippen LogP contribution >= 0.6 is 0 Å². The number of hydrogen-bond acceptors (Lipinski definition) is 5. The molecule has 0 saturated heterocycles. The Balaban J connectivity index is 0.00000153. The van der Waals surface area contributed by atoms with Crippen molar-refractivity contribution in [3.63, 3.8) is 0 Å². The number of alkyl halides is 1. The van der Waals surface area contributed by atoms with Crippen LogP contribution < -0.4 is 5.32 Å². The predicted octanol–water partition coefficient (Wildman–Crippen LogP) is 5.72. The van der Waals surface area contributed by atoms with Crippen molar-refractivity contribution in [3.05, 3.63) is 59.5 Å². The Hall–Kier alpha value is -3.39. The molecule has 0 spiro atoms. The Morgan fingerprint density at radius 3 is 2.43 bits per heavy atom. The first-order valence-electron chi connectivity index (χ1n) is 12.7. The van der Waals surface area contributed by atoms with Gasteiger partial charge in [-0.2, -0.15) is 0 Å². The minimum absolute atomic E-state index is 0.225. The number of nitrogens with zero attached hydrogens (tertiary/aromatic N) is 3. The molecule has 1 saturated carbocycles. The zero-order valence-electron chi connectivity index (χ0n) is 22.9. The largest absolute Gasteiger partial charge is 0.388 e. The number of rotatable bonds is 8. The number of aliphatic hydroxyl groups is 1. The van der Waals surface area contributed by atoms with Gasteiger partial charge in [-0.05, 0) is 49.5 Å². The van der Waals surface area contributed by atoms with Gasteiger partial charge in [-0.25, -0.2) is 14.4 Å². The number of hydrogen-bond donors (Lipinski definition) is 2. The molecular weight excluding hydrogens is 471 g/mol. The van der Waals surface area contributed by atoms with Crippen LogP contribution in [0.2, 0.25) is 0 Å². The lowest BCUT2D eigenvalue weighted by Crippen LogP contribution is -2.24. The van der Waals surface area contributed by atoms with E-state index < -0.39 is 24.1 Å². The molecule has 3 rings (SSSR count). The molecule has 3 unspecified atom stereocenters. The summed E-state index contributed by atoms with van der Waals surface area (Å²) >= 11 is 0. The van der Waals surface area contributed by atoms with Crippen molar-refractivity contribution < 1.29 is 19.1 Å². The number of pyridine rings is 2. The number of fused-ring (bicyclic) bond motifs is 1. The first-order valence-corrected chi connectivity index (χ1v) is 12.7. The fraction of sp³-hybridized carbons (Fsp3) is 0.448. The summed E-state index contributed by atoms with van der Waals surface area (Å²) in [6, 6.07) is 3.42. The topological polar surface area (TPSA) is 95.4 Å². The minimum atomic E-state index is -1.10. The van der Waals surface area contributed by atoms with E-state index >= 15 is 0 Å². The van der Waals surface area contributed by atoms with Gasteiger partial charge in [0.05, 0.1) is 17.5 Å². The van der Waals surface area contributed by atoms with Gasteiger partial charge in [-0.15, -0.1) is 0 Å². The van der Waals surface area contributed by atoms with Crippen molar-refractivity contribution in [2.24, 2.45) is 5.92 Å². The number of carbonyl (C=O) groups is 2. The van der Waals surface area contributed by atoms with E-state index in [4.69, 9.17) is 0 Å². The number of amides is 2. The normalized spacial score (nSPS) is 18.0. The quantitative estimate of drug-likeness (QED) is 0.443. The van der Waals surface area contributed by atoms with Gasteiger partial charge in [0.1, 0.15) is 17.7 Å². The third kappa shape index (κ3) is 7.55. The molecule has 1 fully saturated rings. The standard InChI is InChI=1S/C26H31FN4O3.C3H8/c1-7-17(14(3)9-15(4)22(32)8-2)18-10-16-13-28-23(30-25(33)19-11-20(19)27)12-21(16)29-24(18)26(34)31(5)6;1-3-2/h7,9-10,12-13,19-20,22,32H,4,8,11H2,1-3,5-6H3,(H,28,30,33);3H2,1-2H3/b14-9-,17-7+;. The van der Waals surface area contributed by atoms with Gasteiger partial charge in [0.15, 0.2) is 0 Å². The Morgan fingerprint density at radius 2 is 1.92 bits per heavy atom. The van der Waals surface area contributed by atoms with Crippen LogP contribution in [0, 0.1) is 5.92 Å². The highest BCUT2D eigenvalue weighted by Gasteiger charge is 2.43. The van der Waals surface area contributed by atoms with E-state index in [0.29, 0.717) is 28.5 Å². The number of aromatic nitrogens is 2. The molecule has 0 aromatic carbocycles. The summed E-state index contributed by atoms with van der Waals surface area (Å²) in [7, 11) is 3.30. The smallest absolute Gasteiger partial charge is 0.272 e. The van der Waals surface area contributed by atoms with Crippen LogP contribution in [0.4, 0.5) is 10.2 Å². The zero-order chi connectivity index (χ0) is 27.9. The Kier molecular flexibility index (Phi) is 10.7. The van der Waals surface area contributed by atoms with Crippen LogP contribution in [0.15, 0.2) is 48.2 Å². The monoisotopic (exact) mass is 510 g/mol. The maximum atomic E-state index is 13.2. The molecule has 0 aliphatic heterocycles. The first kappa shape index (κ1) is 29.8. The lowest BCUT2D eigenvalue weighted by Gasteiger charge is -2.18. The summed E-state index contributed by atoms with van der Waals surface area (Å²) in [6.45, 7) is 13.8. The average molecular weight is 511 g/mol. The summed E-state index contributed by atoms with van der Waals surface area (Å²) in [5, 5.41) is 13.4. The Bertz CT molecular complexity index is 1220. The molecule has 37 heavy (non-hydrogen) atoms. The zero-order valence-corrected chi connectivity index (χ0v) is 22.9. The summed E-state index contributed by atoms with van der Waals surface area (Å²) in [5.41, 5.74) is 3.55.